The second-order valence-electron chi connectivity index (χ2n) is 7.11. The maximum absolute atomic E-state index is 4.68. The lowest BCUT2D eigenvalue weighted by Gasteiger charge is -2.29. The van der Waals surface area contributed by atoms with Gasteiger partial charge >= 0.3 is 0 Å². The van der Waals surface area contributed by atoms with Gasteiger partial charge in [-0.2, -0.15) is 5.10 Å². The summed E-state index contributed by atoms with van der Waals surface area (Å²) in [5.74, 6) is 0.944. The largest absolute Gasteiger partial charge is 0.365 e. The molecule has 0 saturated carbocycles. The fourth-order valence-electron chi connectivity index (χ4n) is 2.86. The maximum Gasteiger partial charge on any atom is 0.152 e. The van der Waals surface area contributed by atoms with Gasteiger partial charge < -0.3 is 10.6 Å². The number of anilines is 1. The molecule has 5 heteroatoms. The number of hydrogen-bond acceptors (Lipinski definition) is 4. The smallest absolute Gasteiger partial charge is 0.152 e. The molecule has 21 heavy (non-hydrogen) atoms. The molecule has 0 bridgehead atoms. The summed E-state index contributed by atoms with van der Waals surface area (Å²) in [6, 6.07) is 3.19. The van der Waals surface area contributed by atoms with E-state index in [1.165, 1.54) is 0 Å². The van der Waals surface area contributed by atoms with Crippen molar-refractivity contribution >= 4 is 11.3 Å². The van der Waals surface area contributed by atoms with Crippen molar-refractivity contribution in [2.45, 2.75) is 58.0 Å². The van der Waals surface area contributed by atoms with Crippen LogP contribution in [0.5, 0.6) is 0 Å². The fourth-order valence-corrected chi connectivity index (χ4v) is 2.86. The minimum atomic E-state index is 0.0482. The maximum atomic E-state index is 4.68. The Balaban J connectivity index is 1.89. The number of aromatic nitrogens is 3. The van der Waals surface area contributed by atoms with E-state index in [1.807, 2.05) is 16.9 Å². The van der Waals surface area contributed by atoms with Crippen LogP contribution >= 0.6 is 0 Å². The minimum absolute atomic E-state index is 0.0482. The van der Waals surface area contributed by atoms with Crippen LogP contribution in [0.1, 0.15) is 46.2 Å². The van der Waals surface area contributed by atoms with Crippen LogP contribution in [0.15, 0.2) is 18.5 Å². The predicted octanol–water partition coefficient (Wildman–Crippen LogP) is 2.58. The normalized spacial score (nSPS) is 23.4. The molecular formula is C16H25N5. The molecule has 1 fully saturated rings. The summed E-state index contributed by atoms with van der Waals surface area (Å²) in [5.41, 5.74) is 2.21. The van der Waals surface area contributed by atoms with Gasteiger partial charge in [-0.25, -0.2) is 9.50 Å². The van der Waals surface area contributed by atoms with Crippen molar-refractivity contribution in [2.75, 3.05) is 11.9 Å². The van der Waals surface area contributed by atoms with Crippen molar-refractivity contribution < 1.29 is 0 Å². The Hall–Kier alpha value is -1.62. The first-order valence-corrected chi connectivity index (χ1v) is 7.78. The zero-order chi connectivity index (χ0) is 15.0. The number of fused-ring (bicyclic) bond motifs is 1. The molecule has 0 aliphatic carbocycles. The molecule has 2 aromatic rings. The second kappa shape index (κ2) is 5.30. The van der Waals surface area contributed by atoms with Crippen LogP contribution in [0.2, 0.25) is 0 Å². The SMILES string of the molecule is CC1CC(Nc2nccn3nc(C(C)(C)C)cc23)CCN1. The summed E-state index contributed by atoms with van der Waals surface area (Å²) < 4.78 is 1.93. The molecule has 0 aromatic carbocycles. The summed E-state index contributed by atoms with van der Waals surface area (Å²) in [7, 11) is 0. The van der Waals surface area contributed by atoms with Crippen molar-refractivity contribution in [1.82, 2.24) is 19.9 Å². The standard InChI is InChI=1S/C16H25N5/c1-11-9-12(5-6-17-11)19-15-13-10-14(16(2,3)4)20-21(13)8-7-18-15/h7-8,10-12,17H,5-6,9H2,1-4H3,(H,18,19). The first-order chi connectivity index (χ1) is 9.93. The Morgan fingerprint density at radius 3 is 2.90 bits per heavy atom. The first-order valence-electron chi connectivity index (χ1n) is 7.78. The Morgan fingerprint density at radius 1 is 1.38 bits per heavy atom. The van der Waals surface area contributed by atoms with Gasteiger partial charge in [-0.05, 0) is 32.4 Å². The van der Waals surface area contributed by atoms with Crippen LogP contribution in [-0.2, 0) is 5.41 Å². The molecule has 2 unspecified atom stereocenters. The van der Waals surface area contributed by atoms with E-state index in [0.717, 1.165) is 36.4 Å². The first kappa shape index (κ1) is 14.3. The topological polar surface area (TPSA) is 54.2 Å². The van der Waals surface area contributed by atoms with Gasteiger partial charge in [-0.3, -0.25) is 0 Å². The summed E-state index contributed by atoms with van der Waals surface area (Å²) in [5, 5.41) is 11.8. The molecule has 2 N–H and O–H groups in total. The third-order valence-corrected chi connectivity index (χ3v) is 4.12. The molecule has 3 heterocycles. The highest BCUT2D eigenvalue weighted by Gasteiger charge is 2.22. The van der Waals surface area contributed by atoms with Gasteiger partial charge in [-0.15, -0.1) is 0 Å². The van der Waals surface area contributed by atoms with Crippen LogP contribution in [0.25, 0.3) is 5.52 Å². The third kappa shape index (κ3) is 3.02. The Morgan fingerprint density at radius 2 is 2.19 bits per heavy atom. The van der Waals surface area contributed by atoms with Crippen LogP contribution in [0.4, 0.5) is 5.82 Å². The van der Waals surface area contributed by atoms with E-state index in [-0.39, 0.29) is 5.41 Å². The summed E-state index contributed by atoms with van der Waals surface area (Å²) in [4.78, 5) is 4.53. The lowest BCUT2D eigenvalue weighted by molar-refractivity contribution is 0.396. The van der Waals surface area contributed by atoms with Gasteiger partial charge in [0.2, 0.25) is 0 Å². The van der Waals surface area contributed by atoms with Gasteiger partial charge in [-0.1, -0.05) is 20.8 Å². The average Bonchev–Trinajstić information content (AvgIpc) is 2.84. The van der Waals surface area contributed by atoms with Gasteiger partial charge in [0.1, 0.15) is 5.52 Å². The van der Waals surface area contributed by atoms with Crippen molar-refractivity contribution in [3.05, 3.63) is 24.2 Å². The van der Waals surface area contributed by atoms with Gasteiger partial charge in [0.05, 0.1) is 5.69 Å². The van der Waals surface area contributed by atoms with E-state index < -0.39 is 0 Å². The lowest BCUT2D eigenvalue weighted by atomic mass is 9.92. The zero-order valence-electron chi connectivity index (χ0n) is 13.3. The van der Waals surface area contributed by atoms with E-state index >= 15 is 0 Å². The van der Waals surface area contributed by atoms with Crippen LogP contribution in [-0.4, -0.2) is 33.2 Å². The van der Waals surface area contributed by atoms with E-state index in [2.05, 4.69) is 54.5 Å². The lowest BCUT2D eigenvalue weighted by Crippen LogP contribution is -2.41. The molecule has 1 aliphatic rings. The van der Waals surface area contributed by atoms with Crippen molar-refractivity contribution in [3.63, 3.8) is 0 Å². The van der Waals surface area contributed by atoms with Crippen molar-refractivity contribution in [1.29, 1.82) is 0 Å². The number of nitrogens with one attached hydrogen (secondary N) is 2. The van der Waals surface area contributed by atoms with Crippen LogP contribution in [0.3, 0.4) is 0 Å². The quantitative estimate of drug-likeness (QED) is 0.891. The number of rotatable bonds is 2. The summed E-state index contributed by atoms with van der Waals surface area (Å²) >= 11 is 0. The van der Waals surface area contributed by atoms with Gasteiger partial charge in [0.25, 0.3) is 0 Å². The molecule has 114 valence electrons. The van der Waals surface area contributed by atoms with Gasteiger partial charge in [0, 0.05) is 29.9 Å². The van der Waals surface area contributed by atoms with E-state index in [9.17, 15) is 0 Å². The van der Waals surface area contributed by atoms with Crippen LogP contribution < -0.4 is 10.6 Å². The molecule has 0 radical (unpaired) electrons. The molecule has 0 spiro atoms. The molecule has 3 rings (SSSR count). The predicted molar refractivity (Wildman–Crippen MR) is 85.8 cm³/mol. The average molecular weight is 287 g/mol. The molecule has 0 amide bonds. The van der Waals surface area contributed by atoms with E-state index in [4.69, 9.17) is 0 Å². The highest BCUT2D eigenvalue weighted by Crippen LogP contribution is 2.25. The zero-order valence-corrected chi connectivity index (χ0v) is 13.3. The van der Waals surface area contributed by atoms with E-state index in [1.54, 1.807) is 0 Å². The Bertz CT molecular complexity index is 625. The Kier molecular flexibility index (Phi) is 3.61. The Labute approximate surface area is 126 Å². The third-order valence-electron chi connectivity index (χ3n) is 4.12. The van der Waals surface area contributed by atoms with Crippen LogP contribution in [0, 0.1) is 0 Å². The molecular weight excluding hydrogens is 262 g/mol. The molecule has 1 aliphatic heterocycles. The van der Waals surface area contributed by atoms with Crippen molar-refractivity contribution in [2.24, 2.45) is 0 Å². The summed E-state index contributed by atoms with van der Waals surface area (Å²) in [6.07, 6.45) is 6.00. The van der Waals surface area contributed by atoms with Crippen molar-refractivity contribution in [3.8, 4) is 0 Å². The molecule has 5 nitrogen and oxygen atoms in total. The number of hydrogen-bond donors (Lipinski definition) is 2. The monoisotopic (exact) mass is 287 g/mol. The fraction of sp³-hybridized carbons (Fsp3) is 0.625. The molecule has 2 atom stereocenters. The van der Waals surface area contributed by atoms with Gasteiger partial charge in [0.15, 0.2) is 5.82 Å². The highest BCUT2D eigenvalue weighted by molar-refractivity contribution is 5.68. The highest BCUT2D eigenvalue weighted by atomic mass is 15.2. The van der Waals surface area contributed by atoms with E-state index in [0.29, 0.717) is 12.1 Å². The minimum Gasteiger partial charge on any atom is -0.365 e. The molecule has 1 saturated heterocycles. The summed E-state index contributed by atoms with van der Waals surface area (Å²) in [6.45, 7) is 9.85. The molecule has 2 aromatic heterocycles. The number of nitrogens with zero attached hydrogens (tertiary/aromatic N) is 3. The number of piperidine rings is 1. The second-order valence-corrected chi connectivity index (χ2v) is 7.11.